The highest BCUT2D eigenvalue weighted by Crippen LogP contribution is 2.22. The first-order valence-electron chi connectivity index (χ1n) is 4.53. The Morgan fingerprint density at radius 1 is 1.25 bits per heavy atom. The molecule has 4 nitrogen and oxygen atoms in total. The van der Waals surface area contributed by atoms with Gasteiger partial charge in [0, 0.05) is 13.1 Å². The van der Waals surface area contributed by atoms with Crippen molar-refractivity contribution >= 4 is 33.2 Å². The van der Waals surface area contributed by atoms with E-state index in [1.54, 1.807) is 12.1 Å². The van der Waals surface area contributed by atoms with Gasteiger partial charge < -0.3 is 5.32 Å². The minimum Gasteiger partial charge on any atom is -0.312 e. The molecule has 0 atom stereocenters. The first-order valence-corrected chi connectivity index (χ1v) is 7.01. The average Bonchev–Trinajstić information content (AvgIpc) is 2.17. The number of hydrogen-bond acceptors (Lipinski definition) is 3. The number of primary sulfonamides is 1. The van der Waals surface area contributed by atoms with E-state index in [4.69, 9.17) is 28.3 Å². The van der Waals surface area contributed by atoms with E-state index in [0.29, 0.717) is 23.1 Å². The van der Waals surface area contributed by atoms with Gasteiger partial charge in [-0.15, -0.1) is 0 Å². The normalized spacial score (nSPS) is 11.7. The van der Waals surface area contributed by atoms with Gasteiger partial charge in [0.15, 0.2) is 0 Å². The molecular weight excluding hydrogens is 271 g/mol. The summed E-state index contributed by atoms with van der Waals surface area (Å²) in [4.78, 5) is 0. The summed E-state index contributed by atoms with van der Waals surface area (Å²) < 4.78 is 21.3. The van der Waals surface area contributed by atoms with Crippen molar-refractivity contribution < 1.29 is 8.42 Å². The van der Waals surface area contributed by atoms with Gasteiger partial charge in [0.05, 0.1) is 15.8 Å². The number of sulfonamides is 1. The molecule has 0 heterocycles. The molecule has 0 amide bonds. The lowest BCUT2D eigenvalue weighted by Crippen LogP contribution is -2.26. The number of rotatable bonds is 5. The summed E-state index contributed by atoms with van der Waals surface area (Å²) in [5.41, 5.74) is 0.934. The van der Waals surface area contributed by atoms with Gasteiger partial charge in [-0.2, -0.15) is 0 Å². The standard InChI is InChI=1S/C9H12Cl2N2O2S/c10-8-2-1-7(5-9(8)11)6-13-3-4-16(12,14)15/h1-2,5,13H,3-4,6H2,(H2,12,14,15). The summed E-state index contributed by atoms with van der Waals surface area (Å²) in [6, 6.07) is 5.24. The fourth-order valence-corrected chi connectivity index (χ4v) is 1.85. The second-order valence-corrected chi connectivity index (χ2v) is 5.84. The second kappa shape index (κ2) is 5.84. The third-order valence-corrected chi connectivity index (χ3v) is 3.39. The minimum atomic E-state index is -3.40. The van der Waals surface area contributed by atoms with Crippen LogP contribution in [0, 0.1) is 0 Å². The van der Waals surface area contributed by atoms with E-state index in [2.05, 4.69) is 5.32 Å². The molecule has 0 saturated carbocycles. The molecule has 7 heteroatoms. The van der Waals surface area contributed by atoms with Crippen molar-refractivity contribution in [1.82, 2.24) is 5.32 Å². The zero-order valence-corrected chi connectivity index (χ0v) is 10.7. The maximum absolute atomic E-state index is 10.6. The van der Waals surface area contributed by atoms with E-state index in [1.165, 1.54) is 0 Å². The highest BCUT2D eigenvalue weighted by molar-refractivity contribution is 7.89. The van der Waals surface area contributed by atoms with Crippen LogP contribution >= 0.6 is 23.2 Å². The van der Waals surface area contributed by atoms with Crippen molar-refractivity contribution in [2.45, 2.75) is 6.54 Å². The summed E-state index contributed by atoms with van der Waals surface area (Å²) >= 11 is 11.6. The van der Waals surface area contributed by atoms with Crippen LogP contribution in [0.15, 0.2) is 18.2 Å². The van der Waals surface area contributed by atoms with Crippen LogP contribution in [0.3, 0.4) is 0 Å². The van der Waals surface area contributed by atoms with Crippen LogP contribution < -0.4 is 10.5 Å². The molecule has 0 spiro atoms. The Kier molecular flexibility index (Phi) is 5.01. The molecule has 0 aliphatic carbocycles. The van der Waals surface area contributed by atoms with Gasteiger partial charge in [-0.1, -0.05) is 29.3 Å². The van der Waals surface area contributed by atoms with Gasteiger partial charge in [-0.3, -0.25) is 0 Å². The Hall–Kier alpha value is -0.330. The maximum Gasteiger partial charge on any atom is 0.210 e. The molecule has 0 fully saturated rings. The molecule has 1 aromatic rings. The molecule has 0 aliphatic heterocycles. The SMILES string of the molecule is NS(=O)(=O)CCNCc1ccc(Cl)c(Cl)c1. The van der Waals surface area contributed by atoms with Crippen LogP contribution in [0.25, 0.3) is 0 Å². The highest BCUT2D eigenvalue weighted by Gasteiger charge is 2.02. The van der Waals surface area contributed by atoms with Crippen LogP contribution in [0.4, 0.5) is 0 Å². The van der Waals surface area contributed by atoms with Crippen molar-refractivity contribution in [3.63, 3.8) is 0 Å². The first kappa shape index (κ1) is 13.7. The predicted molar refractivity (Wildman–Crippen MR) is 66.1 cm³/mol. The Morgan fingerprint density at radius 2 is 1.94 bits per heavy atom. The van der Waals surface area contributed by atoms with Crippen molar-refractivity contribution in [3.05, 3.63) is 33.8 Å². The number of nitrogens with one attached hydrogen (secondary N) is 1. The van der Waals surface area contributed by atoms with Gasteiger partial charge >= 0.3 is 0 Å². The van der Waals surface area contributed by atoms with Crippen LogP contribution in [0.1, 0.15) is 5.56 Å². The Morgan fingerprint density at radius 3 is 2.50 bits per heavy atom. The first-order chi connectivity index (χ1) is 7.38. The van der Waals surface area contributed by atoms with E-state index in [0.717, 1.165) is 5.56 Å². The number of halogens is 2. The molecule has 0 saturated heterocycles. The van der Waals surface area contributed by atoms with E-state index in [-0.39, 0.29) is 5.75 Å². The minimum absolute atomic E-state index is 0.0890. The van der Waals surface area contributed by atoms with Crippen molar-refractivity contribution in [2.24, 2.45) is 5.14 Å². The fraction of sp³-hybridized carbons (Fsp3) is 0.333. The van der Waals surface area contributed by atoms with E-state index < -0.39 is 10.0 Å². The van der Waals surface area contributed by atoms with Gasteiger partial charge in [-0.25, -0.2) is 13.6 Å². The summed E-state index contributed by atoms with van der Waals surface area (Å²) in [5.74, 6) is -0.0890. The predicted octanol–water partition coefficient (Wildman–Crippen LogP) is 1.37. The summed E-state index contributed by atoms with van der Waals surface area (Å²) in [6.45, 7) is 0.825. The summed E-state index contributed by atoms with van der Waals surface area (Å²) in [6.07, 6.45) is 0. The summed E-state index contributed by atoms with van der Waals surface area (Å²) in [5, 5.41) is 8.77. The lowest BCUT2D eigenvalue weighted by molar-refractivity contribution is 0.592. The van der Waals surface area contributed by atoms with Crippen LogP contribution in [0.5, 0.6) is 0 Å². The van der Waals surface area contributed by atoms with Gasteiger partial charge in [0.2, 0.25) is 10.0 Å². The molecule has 0 aromatic heterocycles. The van der Waals surface area contributed by atoms with E-state index in [9.17, 15) is 8.42 Å². The van der Waals surface area contributed by atoms with Crippen molar-refractivity contribution in [2.75, 3.05) is 12.3 Å². The lowest BCUT2D eigenvalue weighted by atomic mass is 10.2. The largest absolute Gasteiger partial charge is 0.312 e. The average molecular weight is 283 g/mol. The van der Waals surface area contributed by atoms with Crippen LogP contribution in [0.2, 0.25) is 10.0 Å². The number of hydrogen-bond donors (Lipinski definition) is 2. The van der Waals surface area contributed by atoms with E-state index in [1.807, 2.05) is 6.07 Å². The molecule has 0 aliphatic rings. The fourth-order valence-electron chi connectivity index (χ4n) is 1.10. The number of nitrogens with two attached hydrogens (primary N) is 1. The zero-order valence-electron chi connectivity index (χ0n) is 8.41. The lowest BCUT2D eigenvalue weighted by Gasteiger charge is -2.05. The molecule has 0 bridgehead atoms. The Bertz CT molecular complexity index is 463. The molecule has 1 aromatic carbocycles. The molecule has 0 radical (unpaired) electrons. The van der Waals surface area contributed by atoms with Crippen LogP contribution in [-0.2, 0) is 16.6 Å². The smallest absolute Gasteiger partial charge is 0.210 e. The van der Waals surface area contributed by atoms with Crippen molar-refractivity contribution in [1.29, 1.82) is 0 Å². The maximum atomic E-state index is 10.6. The molecule has 16 heavy (non-hydrogen) atoms. The third-order valence-electron chi connectivity index (χ3n) is 1.88. The van der Waals surface area contributed by atoms with Crippen LogP contribution in [-0.4, -0.2) is 20.7 Å². The Balaban J connectivity index is 2.41. The summed E-state index contributed by atoms with van der Waals surface area (Å²) in [7, 11) is -3.40. The van der Waals surface area contributed by atoms with Gasteiger partial charge in [0.25, 0.3) is 0 Å². The van der Waals surface area contributed by atoms with Crippen molar-refractivity contribution in [3.8, 4) is 0 Å². The molecular formula is C9H12Cl2N2O2S. The molecule has 3 N–H and O–H groups in total. The highest BCUT2D eigenvalue weighted by atomic mass is 35.5. The quantitative estimate of drug-likeness (QED) is 0.802. The zero-order chi connectivity index (χ0) is 12.2. The van der Waals surface area contributed by atoms with Gasteiger partial charge in [0.1, 0.15) is 0 Å². The topological polar surface area (TPSA) is 72.2 Å². The monoisotopic (exact) mass is 282 g/mol. The second-order valence-electron chi connectivity index (χ2n) is 3.29. The van der Waals surface area contributed by atoms with Gasteiger partial charge in [-0.05, 0) is 17.7 Å². The molecule has 90 valence electrons. The molecule has 0 unspecified atom stereocenters. The number of benzene rings is 1. The molecule has 1 rings (SSSR count). The van der Waals surface area contributed by atoms with E-state index >= 15 is 0 Å². The Labute approximate surface area is 105 Å². The third kappa shape index (κ3) is 5.14.